The van der Waals surface area contributed by atoms with E-state index in [1.807, 2.05) is 19.1 Å². The average molecular weight is 179 g/mol. The number of aldehydes is 1. The van der Waals surface area contributed by atoms with Gasteiger partial charge in [0.25, 0.3) is 0 Å². The Morgan fingerprint density at radius 1 is 1.54 bits per heavy atom. The summed E-state index contributed by atoms with van der Waals surface area (Å²) in [5.41, 5.74) is 2.57. The maximum absolute atomic E-state index is 10.5. The molecule has 70 valence electrons. The molecule has 0 bridgehead atoms. The highest BCUT2D eigenvalue weighted by atomic mass is 16.3. The number of hydrogen-bond acceptors (Lipinski definition) is 3. The number of benzene rings is 1. The van der Waals surface area contributed by atoms with E-state index in [4.69, 9.17) is 5.11 Å². The predicted molar refractivity (Wildman–Crippen MR) is 52.1 cm³/mol. The first-order chi connectivity index (χ1) is 6.27. The molecule has 0 fully saturated rings. The van der Waals surface area contributed by atoms with Gasteiger partial charge in [0, 0.05) is 17.8 Å². The van der Waals surface area contributed by atoms with Crippen LogP contribution < -0.4 is 5.32 Å². The van der Waals surface area contributed by atoms with E-state index in [1.54, 1.807) is 6.07 Å². The molecule has 1 aromatic carbocycles. The van der Waals surface area contributed by atoms with Gasteiger partial charge in [0.05, 0.1) is 6.61 Å². The molecule has 0 spiro atoms. The molecule has 0 aliphatic heterocycles. The topological polar surface area (TPSA) is 49.3 Å². The Hall–Kier alpha value is -1.35. The first-order valence-corrected chi connectivity index (χ1v) is 4.18. The third-order valence-corrected chi connectivity index (χ3v) is 1.84. The zero-order chi connectivity index (χ0) is 9.68. The molecule has 0 unspecified atom stereocenters. The Morgan fingerprint density at radius 3 is 2.85 bits per heavy atom. The van der Waals surface area contributed by atoms with Crippen LogP contribution in [-0.4, -0.2) is 24.5 Å². The minimum absolute atomic E-state index is 0.106. The molecule has 0 aromatic heterocycles. The van der Waals surface area contributed by atoms with Crippen molar-refractivity contribution in [3.63, 3.8) is 0 Å². The molecule has 0 amide bonds. The lowest BCUT2D eigenvalue weighted by Gasteiger charge is -2.06. The van der Waals surface area contributed by atoms with Crippen LogP contribution >= 0.6 is 0 Å². The fourth-order valence-electron chi connectivity index (χ4n) is 1.12. The predicted octanol–water partition coefficient (Wildman–Crippen LogP) is 1.21. The maximum atomic E-state index is 10.5. The number of aliphatic hydroxyl groups excluding tert-OH is 1. The van der Waals surface area contributed by atoms with Crippen LogP contribution in [0.5, 0.6) is 0 Å². The van der Waals surface area contributed by atoms with Gasteiger partial charge in [-0.3, -0.25) is 4.79 Å². The van der Waals surface area contributed by atoms with Crippen LogP contribution in [0.4, 0.5) is 5.69 Å². The number of carbonyl (C=O) groups is 1. The highest BCUT2D eigenvalue weighted by Crippen LogP contribution is 2.12. The Morgan fingerprint density at radius 2 is 2.31 bits per heavy atom. The fraction of sp³-hybridized carbons (Fsp3) is 0.300. The molecule has 1 rings (SSSR count). The Labute approximate surface area is 77.4 Å². The van der Waals surface area contributed by atoms with Crippen LogP contribution in [0.3, 0.4) is 0 Å². The summed E-state index contributed by atoms with van der Waals surface area (Å²) < 4.78 is 0. The highest BCUT2D eigenvalue weighted by molar-refractivity contribution is 5.78. The highest BCUT2D eigenvalue weighted by Gasteiger charge is 1.97. The van der Waals surface area contributed by atoms with E-state index in [0.717, 1.165) is 17.5 Å². The van der Waals surface area contributed by atoms with Crippen molar-refractivity contribution in [1.82, 2.24) is 0 Å². The summed E-state index contributed by atoms with van der Waals surface area (Å²) in [4.78, 5) is 10.5. The van der Waals surface area contributed by atoms with Gasteiger partial charge in [0.1, 0.15) is 6.29 Å². The van der Waals surface area contributed by atoms with Gasteiger partial charge in [-0.25, -0.2) is 0 Å². The first kappa shape index (κ1) is 9.74. The normalized spacial score (nSPS) is 9.69. The molecular formula is C10H13NO2. The van der Waals surface area contributed by atoms with Crippen molar-refractivity contribution in [3.8, 4) is 0 Å². The van der Waals surface area contributed by atoms with Crippen molar-refractivity contribution in [2.45, 2.75) is 6.92 Å². The Bertz CT molecular complexity index is 297. The van der Waals surface area contributed by atoms with Crippen LogP contribution in [-0.2, 0) is 0 Å². The van der Waals surface area contributed by atoms with Crippen LogP contribution in [0.2, 0.25) is 0 Å². The van der Waals surface area contributed by atoms with E-state index in [9.17, 15) is 4.79 Å². The van der Waals surface area contributed by atoms with Gasteiger partial charge in [0.15, 0.2) is 0 Å². The van der Waals surface area contributed by atoms with Crippen LogP contribution in [0.25, 0.3) is 0 Å². The van der Waals surface area contributed by atoms with Crippen molar-refractivity contribution in [2.24, 2.45) is 0 Å². The monoisotopic (exact) mass is 179 g/mol. The van der Waals surface area contributed by atoms with Crippen LogP contribution in [0.15, 0.2) is 18.2 Å². The van der Waals surface area contributed by atoms with Crippen molar-refractivity contribution >= 4 is 12.0 Å². The van der Waals surface area contributed by atoms with E-state index in [0.29, 0.717) is 12.1 Å². The number of carbonyl (C=O) groups excluding carboxylic acids is 1. The molecule has 0 aliphatic carbocycles. The van der Waals surface area contributed by atoms with E-state index < -0.39 is 0 Å². The molecule has 0 heterocycles. The molecule has 2 N–H and O–H groups in total. The molecule has 0 aliphatic rings. The number of aryl methyl sites for hydroxylation is 1. The number of rotatable bonds is 4. The first-order valence-electron chi connectivity index (χ1n) is 4.18. The second-order valence-electron chi connectivity index (χ2n) is 2.84. The summed E-state index contributed by atoms with van der Waals surface area (Å²) in [6.07, 6.45) is 0.838. The third-order valence-electron chi connectivity index (χ3n) is 1.84. The second-order valence-corrected chi connectivity index (χ2v) is 2.84. The molecule has 0 atom stereocenters. The van der Waals surface area contributed by atoms with Gasteiger partial charge in [-0.05, 0) is 30.7 Å². The molecule has 0 saturated carbocycles. The van der Waals surface area contributed by atoms with Crippen molar-refractivity contribution in [1.29, 1.82) is 0 Å². The van der Waals surface area contributed by atoms with Gasteiger partial charge in [-0.1, -0.05) is 0 Å². The van der Waals surface area contributed by atoms with Gasteiger partial charge < -0.3 is 10.4 Å². The number of nitrogens with one attached hydrogen (secondary N) is 1. The van der Waals surface area contributed by atoms with Gasteiger partial charge in [-0.15, -0.1) is 0 Å². The molecule has 0 radical (unpaired) electrons. The lowest BCUT2D eigenvalue weighted by Crippen LogP contribution is -2.05. The summed E-state index contributed by atoms with van der Waals surface area (Å²) in [6.45, 7) is 2.52. The van der Waals surface area contributed by atoms with E-state index >= 15 is 0 Å². The average Bonchev–Trinajstić information content (AvgIpc) is 2.15. The molecular weight excluding hydrogens is 166 g/mol. The minimum atomic E-state index is 0.106. The second kappa shape index (κ2) is 4.62. The smallest absolute Gasteiger partial charge is 0.150 e. The SMILES string of the molecule is Cc1cc(NCCO)ccc1C=O. The largest absolute Gasteiger partial charge is 0.395 e. The fourth-order valence-corrected chi connectivity index (χ4v) is 1.12. The van der Waals surface area contributed by atoms with E-state index in [1.165, 1.54) is 0 Å². The Balaban J connectivity index is 2.77. The summed E-state index contributed by atoms with van der Waals surface area (Å²) in [6, 6.07) is 5.48. The standard InChI is InChI=1S/C10H13NO2/c1-8-6-10(11-4-5-12)3-2-9(8)7-13/h2-3,6-7,11-12H,4-5H2,1H3. The molecule has 13 heavy (non-hydrogen) atoms. The molecule has 1 aromatic rings. The minimum Gasteiger partial charge on any atom is -0.395 e. The molecule has 0 saturated heterocycles. The van der Waals surface area contributed by atoms with E-state index in [-0.39, 0.29) is 6.61 Å². The number of hydrogen-bond donors (Lipinski definition) is 2. The van der Waals surface area contributed by atoms with Crippen molar-refractivity contribution in [2.75, 3.05) is 18.5 Å². The Kier molecular flexibility index (Phi) is 3.46. The summed E-state index contributed by atoms with van der Waals surface area (Å²) in [7, 11) is 0. The van der Waals surface area contributed by atoms with Crippen LogP contribution in [0, 0.1) is 6.92 Å². The van der Waals surface area contributed by atoms with Gasteiger partial charge in [0.2, 0.25) is 0 Å². The zero-order valence-corrected chi connectivity index (χ0v) is 7.58. The summed E-state index contributed by atoms with van der Waals surface area (Å²) in [5, 5.41) is 11.6. The summed E-state index contributed by atoms with van der Waals surface area (Å²) in [5.74, 6) is 0. The van der Waals surface area contributed by atoms with Gasteiger partial charge >= 0.3 is 0 Å². The summed E-state index contributed by atoms with van der Waals surface area (Å²) >= 11 is 0. The molecule has 3 heteroatoms. The van der Waals surface area contributed by atoms with Crippen molar-refractivity contribution < 1.29 is 9.90 Å². The number of anilines is 1. The zero-order valence-electron chi connectivity index (χ0n) is 7.58. The van der Waals surface area contributed by atoms with E-state index in [2.05, 4.69) is 5.32 Å². The van der Waals surface area contributed by atoms with Crippen molar-refractivity contribution in [3.05, 3.63) is 29.3 Å². The van der Waals surface area contributed by atoms with Crippen LogP contribution in [0.1, 0.15) is 15.9 Å². The quantitative estimate of drug-likeness (QED) is 0.683. The maximum Gasteiger partial charge on any atom is 0.150 e. The number of aliphatic hydroxyl groups is 1. The molecule has 3 nitrogen and oxygen atoms in total. The third kappa shape index (κ3) is 2.56. The lowest BCUT2D eigenvalue weighted by molar-refractivity contribution is 0.112. The van der Waals surface area contributed by atoms with Gasteiger partial charge in [-0.2, -0.15) is 0 Å². The lowest BCUT2D eigenvalue weighted by atomic mass is 10.1.